The summed E-state index contributed by atoms with van der Waals surface area (Å²) < 4.78 is 0. The van der Waals surface area contributed by atoms with Crippen LogP contribution in [0, 0.1) is 11.8 Å². The minimum absolute atomic E-state index is 0.133. The summed E-state index contributed by atoms with van der Waals surface area (Å²) in [6.45, 7) is 6.42. The molecule has 2 fully saturated rings. The smallest absolute Gasteiger partial charge is 0.220 e. The van der Waals surface area contributed by atoms with Crippen LogP contribution in [-0.4, -0.2) is 29.9 Å². The van der Waals surface area contributed by atoms with Crippen molar-refractivity contribution in [3.63, 3.8) is 0 Å². The molecular weight excluding hydrogens is 310 g/mol. The van der Waals surface area contributed by atoms with Gasteiger partial charge < -0.3 is 11.1 Å². The lowest BCUT2D eigenvalue weighted by Crippen LogP contribution is -2.32. The van der Waals surface area contributed by atoms with Gasteiger partial charge in [-0.25, -0.2) is 0 Å². The van der Waals surface area contributed by atoms with Gasteiger partial charge in [0.1, 0.15) is 0 Å². The lowest BCUT2D eigenvalue weighted by atomic mass is 9.99. The number of carbonyl (C=O) groups is 1. The van der Waals surface area contributed by atoms with Crippen molar-refractivity contribution in [3.05, 3.63) is 35.4 Å². The van der Waals surface area contributed by atoms with Crippen molar-refractivity contribution in [3.8, 4) is 0 Å². The molecule has 1 aromatic carbocycles. The van der Waals surface area contributed by atoms with E-state index in [4.69, 9.17) is 5.73 Å². The first kappa shape index (κ1) is 18.4. The van der Waals surface area contributed by atoms with Crippen LogP contribution in [-0.2, 0) is 17.9 Å². The Morgan fingerprint density at radius 2 is 1.80 bits per heavy atom. The van der Waals surface area contributed by atoms with Gasteiger partial charge in [-0.15, -0.1) is 0 Å². The van der Waals surface area contributed by atoms with Crippen LogP contribution in [0.3, 0.4) is 0 Å². The molecule has 138 valence electrons. The molecular formula is C21H33N3O. The molecule has 4 nitrogen and oxygen atoms in total. The van der Waals surface area contributed by atoms with Gasteiger partial charge in [0.25, 0.3) is 0 Å². The molecule has 1 aliphatic heterocycles. The minimum Gasteiger partial charge on any atom is -0.352 e. The minimum atomic E-state index is 0.133. The first-order valence-corrected chi connectivity index (χ1v) is 9.92. The van der Waals surface area contributed by atoms with Gasteiger partial charge in [-0.2, -0.15) is 0 Å². The predicted molar refractivity (Wildman–Crippen MR) is 102 cm³/mol. The number of nitrogens with one attached hydrogen (secondary N) is 1. The van der Waals surface area contributed by atoms with E-state index in [0.717, 1.165) is 31.7 Å². The van der Waals surface area contributed by atoms with Gasteiger partial charge in [-0.3, -0.25) is 9.69 Å². The quantitative estimate of drug-likeness (QED) is 0.835. The maximum Gasteiger partial charge on any atom is 0.220 e. The van der Waals surface area contributed by atoms with Crippen LogP contribution >= 0.6 is 0 Å². The maximum absolute atomic E-state index is 12.1. The third kappa shape index (κ3) is 5.55. The third-order valence-electron chi connectivity index (χ3n) is 5.96. The van der Waals surface area contributed by atoms with Crippen molar-refractivity contribution in [2.45, 2.75) is 64.6 Å². The number of hydrogen-bond acceptors (Lipinski definition) is 3. The second kappa shape index (κ2) is 8.81. The van der Waals surface area contributed by atoms with Gasteiger partial charge >= 0.3 is 0 Å². The van der Waals surface area contributed by atoms with E-state index >= 15 is 0 Å². The lowest BCUT2D eigenvalue weighted by Gasteiger charge is -2.30. The summed E-state index contributed by atoms with van der Waals surface area (Å²) in [7, 11) is 0. The molecule has 1 heterocycles. The fourth-order valence-corrected chi connectivity index (χ4v) is 4.07. The zero-order valence-corrected chi connectivity index (χ0v) is 15.5. The molecule has 0 aromatic heterocycles. The Morgan fingerprint density at radius 1 is 1.12 bits per heavy atom. The standard InChI is InChI=1S/C21H33N3O/c1-16-9-11-24(12-10-16)15-18-7-5-17(6-8-18)14-23-21(25)13-19-3-2-4-20(19)22/h5-8,16,19-20H,2-4,9-15,22H2,1H3,(H,23,25)/t19-,20+/m0/s1. The molecule has 1 amide bonds. The monoisotopic (exact) mass is 343 g/mol. The molecule has 3 rings (SSSR count). The summed E-state index contributed by atoms with van der Waals surface area (Å²) in [5, 5.41) is 3.05. The average molecular weight is 344 g/mol. The molecule has 1 aromatic rings. The molecule has 0 unspecified atom stereocenters. The molecule has 0 bridgehead atoms. The first-order chi connectivity index (χ1) is 12.1. The number of rotatable bonds is 6. The van der Waals surface area contributed by atoms with Crippen LogP contribution in [0.25, 0.3) is 0 Å². The topological polar surface area (TPSA) is 58.4 Å². The summed E-state index contributed by atoms with van der Waals surface area (Å²) in [5.74, 6) is 1.38. The Morgan fingerprint density at radius 3 is 2.44 bits per heavy atom. The summed E-state index contributed by atoms with van der Waals surface area (Å²) in [4.78, 5) is 14.6. The SMILES string of the molecule is CC1CCN(Cc2ccc(CNC(=O)C[C@@H]3CCC[C@H]3N)cc2)CC1. The molecule has 1 aliphatic carbocycles. The highest BCUT2D eigenvalue weighted by Gasteiger charge is 2.25. The molecule has 2 atom stereocenters. The van der Waals surface area contributed by atoms with Gasteiger partial charge in [-0.1, -0.05) is 37.6 Å². The molecule has 4 heteroatoms. The molecule has 0 radical (unpaired) electrons. The Kier molecular flexibility index (Phi) is 6.49. The number of hydrogen-bond donors (Lipinski definition) is 2. The van der Waals surface area contributed by atoms with E-state index in [1.807, 2.05) is 0 Å². The molecule has 25 heavy (non-hydrogen) atoms. The molecule has 1 saturated carbocycles. The zero-order chi connectivity index (χ0) is 17.6. The summed E-state index contributed by atoms with van der Waals surface area (Å²) in [6, 6.07) is 8.90. The summed E-state index contributed by atoms with van der Waals surface area (Å²) >= 11 is 0. The van der Waals surface area contributed by atoms with E-state index in [-0.39, 0.29) is 11.9 Å². The predicted octanol–water partition coefficient (Wildman–Crippen LogP) is 3.05. The van der Waals surface area contributed by atoms with E-state index in [0.29, 0.717) is 18.9 Å². The normalized spacial score (nSPS) is 25.2. The van der Waals surface area contributed by atoms with Crippen LogP contribution in [0.5, 0.6) is 0 Å². The van der Waals surface area contributed by atoms with Crippen LogP contribution in [0.2, 0.25) is 0 Å². The van der Waals surface area contributed by atoms with Gasteiger partial charge in [-0.05, 0) is 61.7 Å². The van der Waals surface area contributed by atoms with E-state index in [2.05, 4.69) is 41.4 Å². The second-order valence-corrected chi connectivity index (χ2v) is 8.11. The van der Waals surface area contributed by atoms with Crippen LogP contribution < -0.4 is 11.1 Å². The Balaban J connectivity index is 1.40. The Labute approximate surface area is 152 Å². The maximum atomic E-state index is 12.1. The first-order valence-electron chi connectivity index (χ1n) is 9.92. The van der Waals surface area contributed by atoms with Crippen LogP contribution in [0.1, 0.15) is 56.6 Å². The highest BCUT2D eigenvalue weighted by Crippen LogP contribution is 2.26. The molecule has 0 spiro atoms. The molecule has 1 saturated heterocycles. The second-order valence-electron chi connectivity index (χ2n) is 8.11. The number of likely N-dealkylation sites (tertiary alicyclic amines) is 1. The summed E-state index contributed by atoms with van der Waals surface area (Å²) in [5.41, 5.74) is 8.58. The number of nitrogens with zero attached hydrogens (tertiary/aromatic N) is 1. The largest absolute Gasteiger partial charge is 0.352 e. The highest BCUT2D eigenvalue weighted by atomic mass is 16.1. The molecule has 3 N–H and O–H groups in total. The van der Waals surface area contributed by atoms with Crippen molar-refractivity contribution in [2.75, 3.05) is 13.1 Å². The van der Waals surface area contributed by atoms with Crippen LogP contribution in [0.15, 0.2) is 24.3 Å². The fraction of sp³-hybridized carbons (Fsp3) is 0.667. The average Bonchev–Trinajstić information content (AvgIpc) is 3.01. The van der Waals surface area contributed by atoms with Gasteiger partial charge in [0.2, 0.25) is 5.91 Å². The number of benzene rings is 1. The van der Waals surface area contributed by atoms with Crippen molar-refractivity contribution in [1.29, 1.82) is 0 Å². The van der Waals surface area contributed by atoms with Crippen molar-refractivity contribution in [1.82, 2.24) is 10.2 Å². The van der Waals surface area contributed by atoms with Crippen molar-refractivity contribution in [2.24, 2.45) is 17.6 Å². The number of amides is 1. The Hall–Kier alpha value is -1.39. The zero-order valence-electron chi connectivity index (χ0n) is 15.5. The fourth-order valence-electron chi connectivity index (χ4n) is 4.07. The third-order valence-corrected chi connectivity index (χ3v) is 5.96. The lowest BCUT2D eigenvalue weighted by molar-refractivity contribution is -0.122. The van der Waals surface area contributed by atoms with Crippen molar-refractivity contribution >= 4 is 5.91 Å². The number of carbonyl (C=O) groups excluding carboxylic acids is 1. The van der Waals surface area contributed by atoms with E-state index in [1.54, 1.807) is 0 Å². The van der Waals surface area contributed by atoms with Gasteiger partial charge in [0, 0.05) is 25.6 Å². The van der Waals surface area contributed by atoms with Crippen LogP contribution in [0.4, 0.5) is 0 Å². The van der Waals surface area contributed by atoms with Gasteiger partial charge in [0.15, 0.2) is 0 Å². The van der Waals surface area contributed by atoms with E-state index in [9.17, 15) is 4.79 Å². The Bertz CT molecular complexity index is 549. The highest BCUT2D eigenvalue weighted by molar-refractivity contribution is 5.76. The van der Waals surface area contributed by atoms with E-state index in [1.165, 1.54) is 37.1 Å². The van der Waals surface area contributed by atoms with E-state index < -0.39 is 0 Å². The number of piperidine rings is 1. The number of nitrogens with two attached hydrogens (primary N) is 1. The van der Waals surface area contributed by atoms with Gasteiger partial charge in [0.05, 0.1) is 0 Å². The van der Waals surface area contributed by atoms with Crippen molar-refractivity contribution < 1.29 is 4.79 Å². The summed E-state index contributed by atoms with van der Waals surface area (Å²) in [6.07, 6.45) is 6.53. The molecule has 2 aliphatic rings.